The van der Waals surface area contributed by atoms with Crippen LogP contribution < -0.4 is 5.32 Å². The molecule has 0 bridgehead atoms. The number of benzene rings is 1. The summed E-state index contributed by atoms with van der Waals surface area (Å²) in [6, 6.07) is 5.57. The summed E-state index contributed by atoms with van der Waals surface area (Å²) < 4.78 is 0. The number of rotatable bonds is 2. The zero-order valence-corrected chi connectivity index (χ0v) is 10.3. The Morgan fingerprint density at radius 1 is 1.37 bits per heavy atom. The highest BCUT2D eigenvalue weighted by atomic mass is 16.4. The quantitative estimate of drug-likeness (QED) is 0.763. The Balaban J connectivity index is 2.21. The van der Waals surface area contributed by atoms with Crippen LogP contribution in [0.25, 0.3) is 10.9 Å². The molecule has 5 nitrogen and oxygen atoms in total. The molecule has 1 aliphatic heterocycles. The monoisotopic (exact) mass is 258 g/mol. The number of carboxylic acids is 1. The molecule has 0 atom stereocenters. The van der Waals surface area contributed by atoms with Crippen LogP contribution in [0.2, 0.25) is 0 Å². The summed E-state index contributed by atoms with van der Waals surface area (Å²) in [6.07, 6.45) is 1.68. The lowest BCUT2D eigenvalue weighted by Gasteiger charge is -2.01. The van der Waals surface area contributed by atoms with Crippen LogP contribution in [0.5, 0.6) is 0 Å². The number of amides is 1. The van der Waals surface area contributed by atoms with E-state index in [1.807, 2.05) is 12.1 Å². The van der Waals surface area contributed by atoms with Crippen molar-refractivity contribution in [3.63, 3.8) is 0 Å². The predicted octanol–water partition coefficient (Wildman–Crippen LogP) is 1.47. The zero-order chi connectivity index (χ0) is 13.4. The molecule has 2 aromatic rings. The largest absolute Gasteiger partial charge is 0.481 e. The predicted molar refractivity (Wildman–Crippen MR) is 70.3 cm³/mol. The summed E-state index contributed by atoms with van der Waals surface area (Å²) in [4.78, 5) is 25.9. The fourth-order valence-electron chi connectivity index (χ4n) is 2.65. The number of para-hydroxylation sites is 1. The third-order valence-electron chi connectivity index (χ3n) is 3.49. The topological polar surface area (TPSA) is 82.2 Å². The van der Waals surface area contributed by atoms with Gasteiger partial charge in [0.25, 0.3) is 5.91 Å². The van der Waals surface area contributed by atoms with Gasteiger partial charge in [0.2, 0.25) is 0 Å². The summed E-state index contributed by atoms with van der Waals surface area (Å²) in [6.45, 7) is 0.678. The van der Waals surface area contributed by atoms with E-state index in [-0.39, 0.29) is 12.3 Å². The van der Waals surface area contributed by atoms with Gasteiger partial charge in [-0.3, -0.25) is 9.59 Å². The van der Waals surface area contributed by atoms with Crippen molar-refractivity contribution in [2.24, 2.45) is 0 Å². The van der Waals surface area contributed by atoms with E-state index in [2.05, 4.69) is 10.3 Å². The Hall–Kier alpha value is -2.30. The van der Waals surface area contributed by atoms with Gasteiger partial charge in [0.05, 0.1) is 11.9 Å². The molecule has 1 aliphatic rings. The van der Waals surface area contributed by atoms with Gasteiger partial charge in [-0.2, -0.15) is 0 Å². The average Bonchev–Trinajstić information content (AvgIpc) is 2.64. The molecule has 1 amide bonds. The lowest BCUT2D eigenvalue weighted by atomic mass is 10.0. The van der Waals surface area contributed by atoms with E-state index in [1.54, 1.807) is 6.07 Å². The maximum absolute atomic E-state index is 11.9. The van der Waals surface area contributed by atoms with Crippen molar-refractivity contribution >= 4 is 22.8 Å². The fourth-order valence-corrected chi connectivity index (χ4v) is 2.65. The van der Waals surface area contributed by atoms with Crippen LogP contribution in [-0.4, -0.2) is 28.5 Å². The molecule has 0 fully saturated rings. The Labute approximate surface area is 109 Å². The molecule has 5 heteroatoms. The maximum Gasteiger partial charge on any atom is 0.307 e. The van der Waals surface area contributed by atoms with E-state index in [0.29, 0.717) is 17.8 Å². The van der Waals surface area contributed by atoms with Crippen LogP contribution in [0.4, 0.5) is 0 Å². The van der Waals surface area contributed by atoms with Gasteiger partial charge < -0.3 is 15.4 Å². The highest BCUT2D eigenvalue weighted by Gasteiger charge is 2.21. The molecule has 0 saturated heterocycles. The third kappa shape index (κ3) is 1.97. The molecule has 1 aromatic heterocycles. The van der Waals surface area contributed by atoms with E-state index in [4.69, 9.17) is 5.11 Å². The minimum absolute atomic E-state index is 0.0433. The first-order chi connectivity index (χ1) is 9.16. The van der Waals surface area contributed by atoms with Crippen molar-refractivity contribution in [2.45, 2.75) is 19.3 Å². The van der Waals surface area contributed by atoms with Gasteiger partial charge >= 0.3 is 5.97 Å². The van der Waals surface area contributed by atoms with Crippen molar-refractivity contribution in [1.82, 2.24) is 10.3 Å². The van der Waals surface area contributed by atoms with Crippen molar-refractivity contribution in [1.29, 1.82) is 0 Å². The number of H-pyrrole nitrogens is 1. The first-order valence-corrected chi connectivity index (χ1v) is 6.29. The Bertz CT molecular complexity index is 673. The zero-order valence-electron chi connectivity index (χ0n) is 10.3. The van der Waals surface area contributed by atoms with Gasteiger partial charge in [-0.05, 0) is 24.0 Å². The van der Waals surface area contributed by atoms with Crippen LogP contribution >= 0.6 is 0 Å². The second-order valence-electron chi connectivity index (χ2n) is 4.75. The minimum Gasteiger partial charge on any atom is -0.481 e. The Kier molecular flexibility index (Phi) is 2.74. The maximum atomic E-state index is 11.9. The number of carboxylic acid groups (broad SMARTS) is 1. The van der Waals surface area contributed by atoms with Gasteiger partial charge in [0, 0.05) is 11.9 Å². The number of nitrogens with one attached hydrogen (secondary N) is 2. The lowest BCUT2D eigenvalue weighted by Crippen LogP contribution is -2.22. The van der Waals surface area contributed by atoms with Crippen LogP contribution in [0.1, 0.15) is 28.0 Å². The highest BCUT2D eigenvalue weighted by molar-refractivity contribution is 6.02. The Morgan fingerprint density at radius 3 is 3.00 bits per heavy atom. The molecule has 1 aromatic carbocycles. The molecule has 3 N–H and O–H groups in total. The SMILES string of the molecule is O=C(O)Cc1cccc2c3c([nH]c12)C(=O)NCCC3. The standard InChI is InChI=1S/C14H14N2O3/c17-11(18)7-8-3-1-4-9-10-5-2-6-15-14(19)13(10)16-12(8)9/h1,3-4,16H,2,5-7H2,(H,15,19)(H,17,18). The normalized spacial score (nSPS) is 14.8. The van der Waals surface area contributed by atoms with Crippen LogP contribution in [0, 0.1) is 0 Å². The molecule has 0 unspecified atom stereocenters. The molecular weight excluding hydrogens is 244 g/mol. The highest BCUT2D eigenvalue weighted by Crippen LogP contribution is 2.27. The van der Waals surface area contributed by atoms with Gasteiger partial charge in [0.1, 0.15) is 5.69 Å². The number of aliphatic carboxylic acids is 1. The van der Waals surface area contributed by atoms with Crippen molar-refractivity contribution in [3.8, 4) is 0 Å². The van der Waals surface area contributed by atoms with Crippen LogP contribution in [0.15, 0.2) is 18.2 Å². The van der Waals surface area contributed by atoms with Crippen molar-refractivity contribution in [3.05, 3.63) is 35.0 Å². The van der Waals surface area contributed by atoms with Crippen LogP contribution in [0.3, 0.4) is 0 Å². The number of fused-ring (bicyclic) bond motifs is 3. The van der Waals surface area contributed by atoms with Gasteiger partial charge in [0.15, 0.2) is 0 Å². The average molecular weight is 258 g/mol. The molecule has 0 aliphatic carbocycles. The fraction of sp³-hybridized carbons (Fsp3) is 0.286. The second kappa shape index (κ2) is 4.42. The first-order valence-electron chi connectivity index (χ1n) is 6.29. The number of aryl methyl sites for hydroxylation is 1. The summed E-state index contributed by atoms with van der Waals surface area (Å²) >= 11 is 0. The molecule has 2 heterocycles. The van der Waals surface area contributed by atoms with E-state index in [9.17, 15) is 9.59 Å². The summed E-state index contributed by atoms with van der Waals surface area (Å²) in [5.74, 6) is -0.980. The van der Waals surface area contributed by atoms with Crippen LogP contribution in [-0.2, 0) is 17.6 Å². The van der Waals surface area contributed by atoms with Gasteiger partial charge in [-0.1, -0.05) is 18.2 Å². The van der Waals surface area contributed by atoms with E-state index < -0.39 is 5.97 Å². The molecule has 19 heavy (non-hydrogen) atoms. The minimum atomic E-state index is -0.873. The molecule has 0 saturated carbocycles. The van der Waals surface area contributed by atoms with E-state index in [1.165, 1.54) is 0 Å². The molecule has 0 spiro atoms. The molecular formula is C14H14N2O3. The van der Waals surface area contributed by atoms with E-state index >= 15 is 0 Å². The van der Waals surface area contributed by atoms with Gasteiger partial charge in [-0.15, -0.1) is 0 Å². The van der Waals surface area contributed by atoms with Crippen molar-refractivity contribution in [2.75, 3.05) is 6.54 Å². The first kappa shape index (κ1) is 11.8. The number of carbonyl (C=O) groups excluding carboxylic acids is 1. The summed E-state index contributed by atoms with van der Waals surface area (Å²) in [5.41, 5.74) is 3.06. The van der Waals surface area contributed by atoms with E-state index in [0.717, 1.165) is 29.3 Å². The molecule has 3 rings (SSSR count). The second-order valence-corrected chi connectivity index (χ2v) is 4.75. The Morgan fingerprint density at radius 2 is 2.21 bits per heavy atom. The smallest absolute Gasteiger partial charge is 0.307 e. The molecule has 0 radical (unpaired) electrons. The van der Waals surface area contributed by atoms with Crippen molar-refractivity contribution < 1.29 is 14.7 Å². The number of hydrogen-bond donors (Lipinski definition) is 3. The summed E-state index contributed by atoms with van der Waals surface area (Å²) in [5, 5.41) is 12.7. The third-order valence-corrected chi connectivity index (χ3v) is 3.49. The number of carbonyl (C=O) groups is 2. The number of hydrogen-bond acceptors (Lipinski definition) is 2. The van der Waals surface area contributed by atoms with Gasteiger partial charge in [-0.25, -0.2) is 0 Å². The molecule has 98 valence electrons. The number of aromatic amines is 1. The summed E-state index contributed by atoms with van der Waals surface area (Å²) in [7, 11) is 0. The number of aromatic nitrogens is 1. The lowest BCUT2D eigenvalue weighted by molar-refractivity contribution is -0.136.